The van der Waals surface area contributed by atoms with E-state index in [1.165, 1.54) is 0 Å². The van der Waals surface area contributed by atoms with E-state index in [9.17, 15) is 4.79 Å². The molecular formula is C12H19N5OS. The van der Waals surface area contributed by atoms with Crippen molar-refractivity contribution in [3.8, 4) is 0 Å². The molecule has 2 rings (SSSR count). The highest BCUT2D eigenvalue weighted by atomic mass is 32.1. The number of hydrogen-bond donors (Lipinski definition) is 2. The summed E-state index contributed by atoms with van der Waals surface area (Å²) in [6.07, 6.45) is 7.83. The van der Waals surface area contributed by atoms with Gasteiger partial charge in [-0.05, 0) is 19.3 Å². The lowest BCUT2D eigenvalue weighted by atomic mass is 9.85. The number of nitrogens with zero attached hydrogens (tertiary/aromatic N) is 3. The van der Waals surface area contributed by atoms with Crippen LogP contribution in [0.25, 0.3) is 0 Å². The van der Waals surface area contributed by atoms with Gasteiger partial charge in [-0.25, -0.2) is 0 Å². The summed E-state index contributed by atoms with van der Waals surface area (Å²) in [6, 6.07) is 0. The molecule has 6 nitrogen and oxygen atoms in total. The minimum absolute atomic E-state index is 0.0175. The van der Waals surface area contributed by atoms with E-state index in [1.54, 1.807) is 17.1 Å². The Hall–Kier alpha value is -1.50. The molecular weight excluding hydrogens is 262 g/mol. The van der Waals surface area contributed by atoms with Crippen LogP contribution in [0.15, 0.2) is 12.4 Å². The van der Waals surface area contributed by atoms with Crippen molar-refractivity contribution in [3.05, 3.63) is 12.4 Å². The van der Waals surface area contributed by atoms with Crippen LogP contribution in [0.3, 0.4) is 0 Å². The predicted molar refractivity (Wildman–Crippen MR) is 75.3 cm³/mol. The van der Waals surface area contributed by atoms with Crippen LogP contribution in [0.2, 0.25) is 0 Å². The highest BCUT2D eigenvalue weighted by Crippen LogP contribution is 2.38. The fourth-order valence-corrected chi connectivity index (χ4v) is 2.82. The summed E-state index contributed by atoms with van der Waals surface area (Å²) < 4.78 is 1.74. The van der Waals surface area contributed by atoms with Crippen LogP contribution in [0.4, 0.5) is 0 Å². The second kappa shape index (κ2) is 6.10. The zero-order valence-electron chi connectivity index (χ0n) is 10.8. The van der Waals surface area contributed by atoms with E-state index < -0.39 is 5.41 Å². The van der Waals surface area contributed by atoms with Gasteiger partial charge in [0.15, 0.2) is 0 Å². The number of rotatable bonds is 6. The average Bonchev–Trinajstić information content (AvgIpc) is 3.05. The number of amides is 1. The van der Waals surface area contributed by atoms with Crippen LogP contribution in [0.1, 0.15) is 32.1 Å². The van der Waals surface area contributed by atoms with Crippen molar-refractivity contribution in [2.45, 2.75) is 38.6 Å². The van der Waals surface area contributed by atoms with E-state index in [0.29, 0.717) is 11.5 Å². The van der Waals surface area contributed by atoms with Gasteiger partial charge >= 0.3 is 0 Å². The van der Waals surface area contributed by atoms with Crippen LogP contribution < -0.4 is 11.1 Å². The number of nitrogens with two attached hydrogens (primary N) is 1. The third kappa shape index (κ3) is 3.09. The van der Waals surface area contributed by atoms with E-state index in [-0.39, 0.29) is 5.91 Å². The fraction of sp³-hybridized carbons (Fsp3) is 0.667. The molecule has 19 heavy (non-hydrogen) atoms. The molecule has 1 heterocycles. The number of carbonyl (C=O) groups excluding carboxylic acids is 1. The normalized spacial score (nSPS) is 17.3. The first-order valence-corrected chi connectivity index (χ1v) is 6.98. The first-order valence-electron chi connectivity index (χ1n) is 6.57. The minimum Gasteiger partial charge on any atom is -0.392 e. The van der Waals surface area contributed by atoms with Crippen LogP contribution >= 0.6 is 12.2 Å². The molecule has 1 aliphatic rings. The Morgan fingerprint density at radius 2 is 2.21 bits per heavy atom. The summed E-state index contributed by atoms with van der Waals surface area (Å²) in [5, 5.41) is 10.5. The van der Waals surface area contributed by atoms with Crippen molar-refractivity contribution >= 4 is 23.1 Å². The van der Waals surface area contributed by atoms with Gasteiger partial charge in [-0.2, -0.15) is 0 Å². The van der Waals surface area contributed by atoms with Gasteiger partial charge in [-0.3, -0.25) is 9.48 Å². The maximum atomic E-state index is 12.3. The van der Waals surface area contributed by atoms with Gasteiger partial charge in [0.05, 0.1) is 16.6 Å². The monoisotopic (exact) mass is 281 g/mol. The van der Waals surface area contributed by atoms with E-state index in [1.807, 2.05) is 0 Å². The van der Waals surface area contributed by atoms with Crippen LogP contribution in [0, 0.1) is 5.41 Å². The van der Waals surface area contributed by atoms with Gasteiger partial charge in [0.2, 0.25) is 5.91 Å². The summed E-state index contributed by atoms with van der Waals surface area (Å²) in [5.74, 6) is -0.0175. The zero-order valence-corrected chi connectivity index (χ0v) is 11.7. The van der Waals surface area contributed by atoms with E-state index in [0.717, 1.165) is 38.6 Å². The average molecular weight is 281 g/mol. The van der Waals surface area contributed by atoms with Crippen LogP contribution in [0.5, 0.6) is 0 Å². The first-order chi connectivity index (χ1) is 9.15. The van der Waals surface area contributed by atoms with Crippen molar-refractivity contribution in [2.24, 2.45) is 11.1 Å². The van der Waals surface area contributed by atoms with Gasteiger partial charge in [0.1, 0.15) is 0 Å². The Morgan fingerprint density at radius 3 is 2.79 bits per heavy atom. The van der Waals surface area contributed by atoms with Crippen molar-refractivity contribution in [2.75, 3.05) is 6.54 Å². The minimum atomic E-state index is -0.609. The molecule has 0 unspecified atom stereocenters. The summed E-state index contributed by atoms with van der Waals surface area (Å²) in [4.78, 5) is 12.6. The van der Waals surface area contributed by atoms with E-state index in [2.05, 4.69) is 15.6 Å². The predicted octanol–water partition coefficient (Wildman–Crippen LogP) is 0.631. The number of hydrogen-bond acceptors (Lipinski definition) is 4. The summed E-state index contributed by atoms with van der Waals surface area (Å²) in [5.41, 5.74) is 5.15. The third-order valence-corrected chi connectivity index (χ3v) is 4.08. The third-order valence-electron chi connectivity index (χ3n) is 3.68. The maximum absolute atomic E-state index is 12.3. The van der Waals surface area contributed by atoms with Crippen molar-refractivity contribution < 1.29 is 4.79 Å². The Labute approximate surface area is 117 Å². The van der Waals surface area contributed by atoms with Gasteiger partial charge in [-0.15, -0.1) is 5.10 Å². The molecule has 0 atom stereocenters. The fourth-order valence-electron chi connectivity index (χ4n) is 2.53. The lowest BCUT2D eigenvalue weighted by Crippen LogP contribution is -2.47. The molecule has 1 saturated carbocycles. The quantitative estimate of drug-likeness (QED) is 0.590. The Bertz CT molecular complexity index is 439. The molecule has 0 saturated heterocycles. The lowest BCUT2D eigenvalue weighted by Gasteiger charge is -2.26. The summed E-state index contributed by atoms with van der Waals surface area (Å²) in [7, 11) is 0. The SMILES string of the molecule is NC(=S)C1(C(=O)NCCCn2ccnn2)CCCC1. The molecule has 1 fully saturated rings. The number of thiocarbonyl (C=S) groups is 1. The molecule has 0 radical (unpaired) electrons. The molecule has 7 heteroatoms. The topological polar surface area (TPSA) is 85.8 Å². The van der Waals surface area contributed by atoms with Crippen molar-refractivity contribution in [1.29, 1.82) is 0 Å². The van der Waals surface area contributed by atoms with Gasteiger partial charge < -0.3 is 11.1 Å². The van der Waals surface area contributed by atoms with Crippen molar-refractivity contribution in [3.63, 3.8) is 0 Å². The van der Waals surface area contributed by atoms with Gasteiger partial charge in [0, 0.05) is 19.3 Å². The molecule has 0 aliphatic heterocycles. The molecule has 0 bridgehead atoms. The highest BCUT2D eigenvalue weighted by molar-refractivity contribution is 7.80. The highest BCUT2D eigenvalue weighted by Gasteiger charge is 2.43. The number of carbonyl (C=O) groups is 1. The smallest absolute Gasteiger partial charge is 0.233 e. The van der Waals surface area contributed by atoms with E-state index in [4.69, 9.17) is 18.0 Å². The first kappa shape index (κ1) is 13.9. The molecule has 1 aromatic rings. The van der Waals surface area contributed by atoms with Gasteiger partial charge in [0.25, 0.3) is 0 Å². The Kier molecular flexibility index (Phi) is 4.47. The molecule has 0 spiro atoms. The van der Waals surface area contributed by atoms with Crippen LogP contribution in [-0.4, -0.2) is 32.4 Å². The zero-order chi connectivity index (χ0) is 13.7. The molecule has 1 amide bonds. The number of aryl methyl sites for hydroxylation is 1. The summed E-state index contributed by atoms with van der Waals surface area (Å²) in [6.45, 7) is 1.34. The lowest BCUT2D eigenvalue weighted by molar-refractivity contribution is -0.127. The largest absolute Gasteiger partial charge is 0.392 e. The summed E-state index contributed by atoms with van der Waals surface area (Å²) >= 11 is 5.08. The van der Waals surface area contributed by atoms with Crippen LogP contribution in [-0.2, 0) is 11.3 Å². The standard InChI is InChI=1S/C12H19N5OS/c13-10(19)12(4-1-2-5-12)11(18)14-6-3-8-17-9-7-15-16-17/h7,9H,1-6,8H2,(H2,13,19)(H,14,18). The Morgan fingerprint density at radius 1 is 1.47 bits per heavy atom. The van der Waals surface area contributed by atoms with E-state index >= 15 is 0 Å². The molecule has 1 aromatic heterocycles. The van der Waals surface area contributed by atoms with Crippen molar-refractivity contribution in [1.82, 2.24) is 20.3 Å². The molecule has 104 valence electrons. The maximum Gasteiger partial charge on any atom is 0.233 e. The second-order valence-corrected chi connectivity index (χ2v) is 5.37. The van der Waals surface area contributed by atoms with Gasteiger partial charge in [-0.1, -0.05) is 30.3 Å². The molecule has 1 aliphatic carbocycles. The second-order valence-electron chi connectivity index (χ2n) is 4.93. The number of aromatic nitrogens is 3. The number of nitrogens with one attached hydrogen (secondary N) is 1. The Balaban J connectivity index is 1.78. The molecule has 3 N–H and O–H groups in total. The molecule has 0 aromatic carbocycles.